The van der Waals surface area contributed by atoms with E-state index in [2.05, 4.69) is 55.8 Å². The van der Waals surface area contributed by atoms with Crippen molar-refractivity contribution < 1.29 is 8.78 Å². The molecule has 0 saturated carbocycles. The van der Waals surface area contributed by atoms with Gasteiger partial charge in [-0.1, -0.05) is 69.2 Å². The fourth-order valence-corrected chi connectivity index (χ4v) is 3.81. The van der Waals surface area contributed by atoms with E-state index in [-0.39, 0.29) is 12.2 Å². The molecule has 0 bridgehead atoms. The van der Waals surface area contributed by atoms with Crippen molar-refractivity contribution in [2.75, 3.05) is 0 Å². The van der Waals surface area contributed by atoms with Crippen LogP contribution in [0.5, 0.6) is 0 Å². The van der Waals surface area contributed by atoms with E-state index >= 15 is 0 Å². The molecular weight excluding hydrogens is 436 g/mol. The van der Waals surface area contributed by atoms with Crippen molar-refractivity contribution in [3.05, 3.63) is 76.9 Å². The summed E-state index contributed by atoms with van der Waals surface area (Å²) in [6.45, 7) is 3.99. The van der Waals surface area contributed by atoms with Crippen LogP contribution in [0.3, 0.4) is 0 Å². The molecule has 0 saturated heterocycles. The second-order valence-corrected chi connectivity index (χ2v) is 8.45. The van der Waals surface area contributed by atoms with E-state index < -0.39 is 5.92 Å². The molecule has 178 valence electrons. The molecule has 0 aliphatic heterocycles. The number of nitrogens with zero attached hydrogens (tertiary/aromatic N) is 6. The number of nitrogens with one attached hydrogen (secondary N) is 1. The molecule has 0 aliphatic carbocycles. The van der Waals surface area contributed by atoms with Crippen LogP contribution in [0.15, 0.2) is 48.5 Å². The lowest BCUT2D eigenvalue weighted by molar-refractivity contribution is -0.0177. The fraction of sp³-hybridized carbons (Fsp3) is 0.400. The first-order valence-corrected chi connectivity index (χ1v) is 11.7. The molecule has 1 N–H and O–H groups in total. The number of rotatable bonds is 11. The second kappa shape index (κ2) is 10.6. The lowest BCUT2D eigenvalue weighted by Crippen LogP contribution is -2.14. The first-order valence-electron chi connectivity index (χ1n) is 11.7. The van der Waals surface area contributed by atoms with Gasteiger partial charge in [0, 0.05) is 18.4 Å². The number of hydrogen-bond donors (Lipinski definition) is 1. The van der Waals surface area contributed by atoms with Gasteiger partial charge < -0.3 is 0 Å². The summed E-state index contributed by atoms with van der Waals surface area (Å²) in [6, 6.07) is 16.2. The largest absolute Gasteiger partial charge is 0.308 e. The standard InChI is InChI=1S/C25H29F2N7/c1-3-5-6-10-22-28-24(25(26,27)4-2)31-34(22)17-19-13-11-18(12-14-19)15-20-8-7-9-21(16-20)23-29-32-33-30-23/h7-9,11-14,16H,3-6,10,15,17H2,1-2H3,(H,29,30,32,33). The molecule has 0 amide bonds. The maximum atomic E-state index is 14.2. The molecule has 4 rings (SSSR count). The first kappa shape index (κ1) is 23.7. The maximum Gasteiger partial charge on any atom is 0.308 e. The molecule has 0 unspecified atom stereocenters. The van der Waals surface area contributed by atoms with E-state index in [0.717, 1.165) is 47.9 Å². The van der Waals surface area contributed by atoms with Crippen LogP contribution >= 0.6 is 0 Å². The van der Waals surface area contributed by atoms with Gasteiger partial charge >= 0.3 is 5.92 Å². The predicted molar refractivity (Wildman–Crippen MR) is 125 cm³/mol. The highest BCUT2D eigenvalue weighted by Gasteiger charge is 2.35. The number of hydrogen-bond acceptors (Lipinski definition) is 5. The molecule has 0 radical (unpaired) electrons. The van der Waals surface area contributed by atoms with Crippen molar-refractivity contribution >= 4 is 0 Å². The average Bonchev–Trinajstić information content (AvgIpc) is 3.52. The van der Waals surface area contributed by atoms with Gasteiger partial charge in [0.2, 0.25) is 11.6 Å². The van der Waals surface area contributed by atoms with E-state index in [1.807, 2.05) is 30.3 Å². The van der Waals surface area contributed by atoms with Crippen LogP contribution in [0.1, 0.15) is 67.9 Å². The fourth-order valence-electron chi connectivity index (χ4n) is 3.81. The van der Waals surface area contributed by atoms with E-state index in [4.69, 9.17) is 0 Å². The predicted octanol–water partition coefficient (Wildman–Crippen LogP) is 5.33. The molecule has 4 aromatic rings. The van der Waals surface area contributed by atoms with E-state index in [1.165, 1.54) is 6.92 Å². The van der Waals surface area contributed by atoms with Gasteiger partial charge in [-0.2, -0.15) is 14.0 Å². The first-order chi connectivity index (χ1) is 16.5. The zero-order chi connectivity index (χ0) is 24.0. The average molecular weight is 466 g/mol. The molecule has 9 heteroatoms. The van der Waals surface area contributed by atoms with Crippen molar-refractivity contribution in [3.63, 3.8) is 0 Å². The molecule has 0 fully saturated rings. The smallest absolute Gasteiger partial charge is 0.245 e. The number of tetrazole rings is 1. The van der Waals surface area contributed by atoms with E-state index in [1.54, 1.807) is 4.68 Å². The highest BCUT2D eigenvalue weighted by Crippen LogP contribution is 2.29. The van der Waals surface area contributed by atoms with Crippen LogP contribution in [0.2, 0.25) is 0 Å². The van der Waals surface area contributed by atoms with Crippen LogP contribution in [-0.2, 0) is 25.3 Å². The Morgan fingerprint density at radius 2 is 1.76 bits per heavy atom. The molecule has 0 aliphatic rings. The molecule has 2 heterocycles. The normalized spacial score (nSPS) is 11.8. The molecule has 0 atom stereocenters. The van der Waals surface area contributed by atoms with Gasteiger partial charge in [0.15, 0.2) is 0 Å². The second-order valence-electron chi connectivity index (χ2n) is 8.45. The maximum absolute atomic E-state index is 14.2. The Kier molecular flexibility index (Phi) is 7.40. The minimum atomic E-state index is -3.01. The summed E-state index contributed by atoms with van der Waals surface area (Å²) >= 11 is 0. The van der Waals surface area contributed by atoms with Crippen molar-refractivity contribution in [2.24, 2.45) is 0 Å². The number of halogens is 2. The third-order valence-electron chi connectivity index (χ3n) is 5.82. The summed E-state index contributed by atoms with van der Waals surface area (Å²) in [6.07, 6.45) is 4.10. The molecule has 2 aromatic heterocycles. The summed E-state index contributed by atoms with van der Waals surface area (Å²) in [5.74, 6) is -2.20. The Hall–Kier alpha value is -3.49. The SMILES string of the molecule is CCCCCc1nc(C(F)(F)CC)nn1Cc1ccc(Cc2cccc(-c3nn[nH]n3)c2)cc1. The number of benzene rings is 2. The monoisotopic (exact) mass is 465 g/mol. The van der Waals surface area contributed by atoms with Gasteiger partial charge in [0.05, 0.1) is 6.54 Å². The van der Waals surface area contributed by atoms with Crippen LogP contribution < -0.4 is 0 Å². The van der Waals surface area contributed by atoms with Gasteiger partial charge in [0.25, 0.3) is 0 Å². The molecule has 7 nitrogen and oxygen atoms in total. The lowest BCUT2D eigenvalue weighted by atomic mass is 10.0. The number of aryl methyl sites for hydroxylation is 1. The lowest BCUT2D eigenvalue weighted by Gasteiger charge is -2.09. The highest BCUT2D eigenvalue weighted by atomic mass is 19.3. The number of unbranched alkanes of at least 4 members (excludes halogenated alkanes) is 2. The molecule has 34 heavy (non-hydrogen) atoms. The summed E-state index contributed by atoms with van der Waals surface area (Å²) in [4.78, 5) is 4.21. The number of aromatic amines is 1. The van der Waals surface area contributed by atoms with E-state index in [9.17, 15) is 8.78 Å². The Morgan fingerprint density at radius 1 is 0.971 bits per heavy atom. The van der Waals surface area contributed by atoms with Gasteiger partial charge in [0.1, 0.15) is 5.82 Å². The Balaban J connectivity index is 1.47. The van der Waals surface area contributed by atoms with Gasteiger partial charge in [-0.25, -0.2) is 9.67 Å². The summed E-state index contributed by atoms with van der Waals surface area (Å²) in [5, 5.41) is 18.3. The quantitative estimate of drug-likeness (QED) is 0.303. The summed E-state index contributed by atoms with van der Waals surface area (Å²) in [7, 11) is 0. The van der Waals surface area contributed by atoms with Crippen molar-refractivity contribution in [1.29, 1.82) is 0 Å². The van der Waals surface area contributed by atoms with Gasteiger partial charge in [-0.05, 0) is 40.8 Å². The van der Waals surface area contributed by atoms with Crippen LogP contribution in [-0.4, -0.2) is 35.4 Å². The minimum absolute atomic E-state index is 0.311. The van der Waals surface area contributed by atoms with Crippen LogP contribution in [0, 0.1) is 0 Å². The Labute approximate surface area is 197 Å². The molecule has 2 aromatic carbocycles. The number of H-pyrrole nitrogens is 1. The summed E-state index contributed by atoms with van der Waals surface area (Å²) in [5.41, 5.74) is 4.19. The number of alkyl halides is 2. The van der Waals surface area contributed by atoms with Crippen molar-refractivity contribution in [1.82, 2.24) is 35.4 Å². The number of aromatic nitrogens is 7. The molecular formula is C25H29F2N7. The third kappa shape index (κ3) is 5.70. The van der Waals surface area contributed by atoms with Gasteiger partial charge in [-0.3, -0.25) is 0 Å². The van der Waals surface area contributed by atoms with E-state index in [0.29, 0.717) is 24.6 Å². The van der Waals surface area contributed by atoms with Crippen LogP contribution in [0.25, 0.3) is 11.4 Å². The van der Waals surface area contributed by atoms with Crippen molar-refractivity contribution in [2.45, 2.75) is 64.8 Å². The molecule has 0 spiro atoms. The Morgan fingerprint density at radius 3 is 2.47 bits per heavy atom. The zero-order valence-electron chi connectivity index (χ0n) is 19.5. The minimum Gasteiger partial charge on any atom is -0.245 e. The van der Waals surface area contributed by atoms with Gasteiger partial charge in [-0.15, -0.1) is 15.3 Å². The zero-order valence-corrected chi connectivity index (χ0v) is 19.5. The van der Waals surface area contributed by atoms with Crippen molar-refractivity contribution in [3.8, 4) is 11.4 Å². The highest BCUT2D eigenvalue weighted by molar-refractivity contribution is 5.55. The third-order valence-corrected chi connectivity index (χ3v) is 5.82. The Bertz CT molecular complexity index is 1180. The van der Waals surface area contributed by atoms with Crippen LogP contribution in [0.4, 0.5) is 8.78 Å². The topological polar surface area (TPSA) is 85.2 Å². The summed E-state index contributed by atoms with van der Waals surface area (Å²) < 4.78 is 30.1.